The number of hydrogen-bond acceptors (Lipinski definition) is 4. The van der Waals surface area contributed by atoms with Gasteiger partial charge >= 0.3 is 0 Å². The highest BCUT2D eigenvalue weighted by Gasteiger charge is 2.27. The van der Waals surface area contributed by atoms with E-state index < -0.39 is 5.60 Å². The third-order valence-corrected chi connectivity index (χ3v) is 4.32. The Bertz CT molecular complexity index is 912. The molecule has 0 saturated heterocycles. The van der Waals surface area contributed by atoms with Gasteiger partial charge in [0, 0.05) is 6.54 Å². The zero-order chi connectivity index (χ0) is 20.0. The number of furan rings is 1. The Kier molecular flexibility index (Phi) is 6.16. The van der Waals surface area contributed by atoms with Crippen molar-refractivity contribution in [1.29, 1.82) is 0 Å². The molecule has 2 heterocycles. The number of imidazole rings is 1. The van der Waals surface area contributed by atoms with E-state index in [2.05, 4.69) is 25.6 Å². The molecule has 28 heavy (non-hydrogen) atoms. The quantitative estimate of drug-likeness (QED) is 0.373. The van der Waals surface area contributed by atoms with Crippen molar-refractivity contribution in [2.75, 3.05) is 13.1 Å². The second kappa shape index (κ2) is 8.75. The molecule has 0 aliphatic rings. The van der Waals surface area contributed by atoms with E-state index in [-0.39, 0.29) is 6.54 Å². The molecule has 4 N–H and O–H groups in total. The first-order valence-corrected chi connectivity index (χ1v) is 9.38. The predicted octanol–water partition coefficient (Wildman–Crippen LogP) is 2.94. The van der Waals surface area contributed by atoms with Crippen LogP contribution in [-0.2, 0) is 12.1 Å². The molecular weight excluding hydrogens is 354 g/mol. The summed E-state index contributed by atoms with van der Waals surface area (Å²) in [5.41, 5.74) is 0.898. The monoisotopic (exact) mass is 381 g/mol. The van der Waals surface area contributed by atoms with Crippen LogP contribution in [0.15, 0.2) is 58.1 Å². The normalized spacial score (nSPS) is 13.9. The average molecular weight is 381 g/mol. The molecule has 3 rings (SSSR count). The molecule has 2 aromatic heterocycles. The van der Waals surface area contributed by atoms with Crippen molar-refractivity contribution < 1.29 is 9.52 Å². The largest absolute Gasteiger partial charge is 0.463 e. The minimum Gasteiger partial charge on any atom is -0.463 e. The summed E-state index contributed by atoms with van der Waals surface area (Å²) in [7, 11) is 0. The lowest BCUT2D eigenvalue weighted by atomic mass is 10.0. The Morgan fingerprint density at radius 2 is 2.00 bits per heavy atom. The standard InChI is InChI=1S/C21H27N5O2/c1-4-22-20(25-14-21(3,27)18-11-10-15(2)28-18)24-13-19-23-12-17(26-19)16-8-6-5-7-9-16/h5-12,27H,4,13-14H2,1-3H3,(H,23,26)(H2,22,24,25). The lowest BCUT2D eigenvalue weighted by Crippen LogP contribution is -2.44. The van der Waals surface area contributed by atoms with Crippen LogP contribution in [-0.4, -0.2) is 34.1 Å². The maximum Gasteiger partial charge on any atom is 0.191 e. The Hall–Kier alpha value is -3.06. The first-order chi connectivity index (χ1) is 13.5. The number of rotatable bonds is 7. The Morgan fingerprint density at radius 1 is 1.21 bits per heavy atom. The number of aliphatic imine (C=N–C) groups is 1. The minimum absolute atomic E-state index is 0.263. The van der Waals surface area contributed by atoms with Gasteiger partial charge in [0.15, 0.2) is 5.96 Å². The average Bonchev–Trinajstić information content (AvgIpc) is 3.34. The number of nitrogens with one attached hydrogen (secondary N) is 3. The van der Waals surface area contributed by atoms with Gasteiger partial charge in [0.1, 0.15) is 29.5 Å². The maximum atomic E-state index is 10.7. The number of nitrogens with zero attached hydrogens (tertiary/aromatic N) is 2. The highest BCUT2D eigenvalue weighted by molar-refractivity contribution is 5.79. The molecular formula is C21H27N5O2. The molecule has 0 aliphatic heterocycles. The highest BCUT2D eigenvalue weighted by atomic mass is 16.4. The number of aromatic amines is 1. The summed E-state index contributed by atoms with van der Waals surface area (Å²) >= 11 is 0. The Labute approximate surface area is 164 Å². The number of aromatic nitrogens is 2. The summed E-state index contributed by atoms with van der Waals surface area (Å²) in [6.07, 6.45) is 1.81. The smallest absolute Gasteiger partial charge is 0.191 e. The third kappa shape index (κ3) is 5.01. The van der Waals surface area contributed by atoms with Gasteiger partial charge in [-0.05, 0) is 38.5 Å². The zero-order valence-corrected chi connectivity index (χ0v) is 16.5. The van der Waals surface area contributed by atoms with Gasteiger partial charge in [-0.2, -0.15) is 0 Å². The van der Waals surface area contributed by atoms with Crippen LogP contribution in [0.1, 0.15) is 31.2 Å². The van der Waals surface area contributed by atoms with Crippen molar-refractivity contribution >= 4 is 5.96 Å². The van der Waals surface area contributed by atoms with Crippen molar-refractivity contribution in [3.63, 3.8) is 0 Å². The van der Waals surface area contributed by atoms with E-state index in [0.29, 0.717) is 24.8 Å². The number of hydrogen-bond donors (Lipinski definition) is 4. The van der Waals surface area contributed by atoms with E-state index in [1.54, 1.807) is 13.0 Å². The Morgan fingerprint density at radius 3 is 2.68 bits per heavy atom. The number of benzene rings is 1. The molecule has 3 aromatic rings. The number of aryl methyl sites for hydroxylation is 1. The Balaban J connectivity index is 1.63. The van der Waals surface area contributed by atoms with Gasteiger partial charge in [-0.25, -0.2) is 9.98 Å². The van der Waals surface area contributed by atoms with Gasteiger partial charge in [0.25, 0.3) is 0 Å². The SMILES string of the molecule is CCNC(=NCc1ncc(-c2ccccc2)[nH]1)NCC(C)(O)c1ccc(C)o1. The molecule has 0 fully saturated rings. The van der Waals surface area contributed by atoms with Gasteiger partial charge in [0.05, 0.1) is 18.4 Å². The summed E-state index contributed by atoms with van der Waals surface area (Å²) in [4.78, 5) is 12.2. The van der Waals surface area contributed by atoms with Gasteiger partial charge in [-0.15, -0.1) is 0 Å². The minimum atomic E-state index is -1.14. The molecule has 0 aliphatic carbocycles. The number of H-pyrrole nitrogens is 1. The summed E-state index contributed by atoms with van der Waals surface area (Å²) in [6.45, 7) is 6.92. The van der Waals surface area contributed by atoms with E-state index in [9.17, 15) is 5.11 Å². The van der Waals surface area contributed by atoms with Crippen LogP contribution in [0.5, 0.6) is 0 Å². The molecule has 1 unspecified atom stereocenters. The van der Waals surface area contributed by atoms with Crippen LogP contribution in [0.3, 0.4) is 0 Å². The molecule has 148 valence electrons. The van der Waals surface area contributed by atoms with Gasteiger partial charge in [-0.3, -0.25) is 0 Å². The fourth-order valence-electron chi connectivity index (χ4n) is 2.77. The van der Waals surface area contributed by atoms with Crippen molar-refractivity contribution in [3.05, 3.63) is 66.0 Å². The second-order valence-electron chi connectivity index (χ2n) is 6.84. The zero-order valence-electron chi connectivity index (χ0n) is 16.5. The summed E-state index contributed by atoms with van der Waals surface area (Å²) in [6, 6.07) is 13.7. The lowest BCUT2D eigenvalue weighted by molar-refractivity contribution is 0.0378. The van der Waals surface area contributed by atoms with Crippen molar-refractivity contribution in [2.24, 2.45) is 4.99 Å². The van der Waals surface area contributed by atoms with Gasteiger partial charge < -0.3 is 25.1 Å². The van der Waals surface area contributed by atoms with E-state index in [0.717, 1.165) is 22.8 Å². The third-order valence-electron chi connectivity index (χ3n) is 4.32. The first-order valence-electron chi connectivity index (χ1n) is 9.38. The first kappa shape index (κ1) is 19.7. The van der Waals surface area contributed by atoms with Crippen LogP contribution in [0.2, 0.25) is 0 Å². The molecule has 7 nitrogen and oxygen atoms in total. The van der Waals surface area contributed by atoms with E-state index >= 15 is 0 Å². The topological polar surface area (TPSA) is 98.5 Å². The van der Waals surface area contributed by atoms with Crippen molar-refractivity contribution in [2.45, 2.75) is 32.9 Å². The molecule has 0 bridgehead atoms. The predicted molar refractivity (Wildman–Crippen MR) is 110 cm³/mol. The second-order valence-corrected chi connectivity index (χ2v) is 6.84. The fourth-order valence-corrected chi connectivity index (χ4v) is 2.77. The molecule has 0 amide bonds. The maximum absolute atomic E-state index is 10.7. The summed E-state index contributed by atoms with van der Waals surface area (Å²) in [5, 5.41) is 17.0. The fraction of sp³-hybridized carbons (Fsp3) is 0.333. The van der Waals surface area contributed by atoms with Crippen LogP contribution in [0, 0.1) is 6.92 Å². The van der Waals surface area contributed by atoms with Gasteiger partial charge in [-0.1, -0.05) is 30.3 Å². The van der Waals surface area contributed by atoms with E-state index in [1.807, 2.05) is 56.4 Å². The number of aliphatic hydroxyl groups is 1. The summed E-state index contributed by atoms with van der Waals surface area (Å²) < 4.78 is 5.55. The van der Waals surface area contributed by atoms with Gasteiger partial charge in [0.2, 0.25) is 0 Å². The molecule has 0 saturated carbocycles. The van der Waals surface area contributed by atoms with Crippen LogP contribution >= 0.6 is 0 Å². The van der Waals surface area contributed by atoms with Crippen LogP contribution in [0.25, 0.3) is 11.3 Å². The van der Waals surface area contributed by atoms with Crippen molar-refractivity contribution in [3.8, 4) is 11.3 Å². The van der Waals surface area contributed by atoms with E-state index in [4.69, 9.17) is 4.42 Å². The van der Waals surface area contributed by atoms with Crippen LogP contribution < -0.4 is 10.6 Å². The van der Waals surface area contributed by atoms with Crippen LogP contribution in [0.4, 0.5) is 0 Å². The molecule has 1 aromatic carbocycles. The van der Waals surface area contributed by atoms with Crippen molar-refractivity contribution in [1.82, 2.24) is 20.6 Å². The molecule has 0 radical (unpaired) electrons. The molecule has 0 spiro atoms. The highest BCUT2D eigenvalue weighted by Crippen LogP contribution is 2.22. The number of guanidine groups is 1. The van der Waals surface area contributed by atoms with E-state index in [1.165, 1.54) is 0 Å². The lowest BCUT2D eigenvalue weighted by Gasteiger charge is -2.22. The molecule has 7 heteroatoms. The molecule has 1 atom stereocenters. The summed E-state index contributed by atoms with van der Waals surface area (Å²) in [5.74, 6) is 2.66.